The molecule has 1 aromatic carbocycles. The van der Waals surface area contributed by atoms with Gasteiger partial charge in [-0.1, -0.05) is 140 Å². The summed E-state index contributed by atoms with van der Waals surface area (Å²) in [6.07, 6.45) is 48.5. The normalized spacial score (nSPS) is 12.0. The van der Waals surface area contributed by atoms with Crippen molar-refractivity contribution >= 4 is 5.97 Å². The molecule has 5 heteroatoms. The predicted octanol–water partition coefficient (Wildman–Crippen LogP) is 14.1. The molecule has 5 nitrogen and oxygen atoms in total. The lowest BCUT2D eigenvalue weighted by Gasteiger charge is -2.15. The van der Waals surface area contributed by atoms with Crippen molar-refractivity contribution in [2.75, 3.05) is 33.9 Å². The average molecular weight is 736 g/mol. The Kier molecular flexibility index (Phi) is 34.1. The Morgan fingerprint density at radius 3 is 1.51 bits per heavy atom. The molecule has 0 N–H and O–H groups in total. The summed E-state index contributed by atoms with van der Waals surface area (Å²) in [6.45, 7) is 6.75. The minimum atomic E-state index is -0.192. The molecule has 0 saturated carbocycles. The van der Waals surface area contributed by atoms with E-state index in [-0.39, 0.29) is 12.6 Å². The topological polar surface area (TPSA) is 48.0 Å². The second-order valence-corrected chi connectivity index (χ2v) is 14.8. The highest BCUT2D eigenvalue weighted by molar-refractivity contribution is 5.69. The van der Waals surface area contributed by atoms with Gasteiger partial charge in [-0.25, -0.2) is 0 Å². The van der Waals surface area contributed by atoms with Crippen molar-refractivity contribution in [3.05, 3.63) is 72.4 Å². The van der Waals surface area contributed by atoms with Gasteiger partial charge in [-0.05, 0) is 109 Å². The van der Waals surface area contributed by atoms with E-state index in [2.05, 4.69) is 62.5 Å². The molecule has 0 aliphatic heterocycles. The van der Waals surface area contributed by atoms with Crippen LogP contribution in [0.1, 0.15) is 180 Å². The Bertz CT molecular complexity index is 1090. The number of carbonyl (C=O) groups excluding carboxylic acids is 1. The summed E-state index contributed by atoms with van der Waals surface area (Å²) < 4.78 is 18.0. The van der Waals surface area contributed by atoms with Crippen molar-refractivity contribution in [2.24, 2.45) is 0 Å². The molecule has 0 aromatic heterocycles. The van der Waals surface area contributed by atoms with E-state index in [0.717, 1.165) is 42.7 Å². The van der Waals surface area contributed by atoms with Crippen molar-refractivity contribution in [3.63, 3.8) is 0 Å². The fourth-order valence-electron chi connectivity index (χ4n) is 6.00. The molecule has 0 aliphatic rings. The molecule has 0 fully saturated rings. The van der Waals surface area contributed by atoms with Gasteiger partial charge in [0.05, 0.1) is 19.6 Å². The van der Waals surface area contributed by atoms with Crippen LogP contribution in [0.15, 0.2) is 66.8 Å². The smallest absolute Gasteiger partial charge is 0.307 e. The number of esters is 1. The van der Waals surface area contributed by atoms with Gasteiger partial charge < -0.3 is 19.1 Å². The van der Waals surface area contributed by atoms with Crippen molar-refractivity contribution < 1.29 is 19.0 Å². The fraction of sp³-hybridized carbons (Fsp3) is 0.688. The number of benzene rings is 1. The second-order valence-electron chi connectivity index (χ2n) is 14.8. The first-order valence-electron chi connectivity index (χ1n) is 21.9. The number of rotatable bonds is 37. The monoisotopic (exact) mass is 736 g/mol. The summed E-state index contributed by atoms with van der Waals surface area (Å²) in [7, 11) is 3.92. The average Bonchev–Trinajstić information content (AvgIpc) is 3.16. The lowest BCUT2D eigenvalue weighted by Crippen LogP contribution is -2.18. The van der Waals surface area contributed by atoms with Crippen LogP contribution in [0.4, 0.5) is 0 Å². The van der Waals surface area contributed by atoms with Crippen molar-refractivity contribution in [2.45, 2.75) is 181 Å². The van der Waals surface area contributed by atoms with E-state index in [4.69, 9.17) is 14.2 Å². The quantitative estimate of drug-likeness (QED) is 0.0387. The molecule has 0 amide bonds. The first kappa shape index (κ1) is 48.2. The highest BCUT2D eigenvalue weighted by Gasteiger charge is 2.11. The molecular formula is C48H81NO4. The zero-order valence-electron chi connectivity index (χ0n) is 34.9. The molecule has 1 rings (SSSR count). The molecule has 0 saturated heterocycles. The first-order valence-corrected chi connectivity index (χ1v) is 21.9. The van der Waals surface area contributed by atoms with Crippen LogP contribution < -0.4 is 9.47 Å². The lowest BCUT2D eigenvalue weighted by molar-refractivity contribution is -0.145. The summed E-state index contributed by atoms with van der Waals surface area (Å²) in [6, 6.07) is 5.95. The molecule has 0 radical (unpaired) electrons. The fourth-order valence-corrected chi connectivity index (χ4v) is 6.00. The molecule has 53 heavy (non-hydrogen) atoms. The van der Waals surface area contributed by atoms with Crippen molar-refractivity contribution in [1.82, 2.24) is 4.90 Å². The van der Waals surface area contributed by atoms with Crippen LogP contribution in [0, 0.1) is 0 Å². The van der Waals surface area contributed by atoms with Crippen LogP contribution in [0.5, 0.6) is 11.5 Å². The first-order chi connectivity index (χ1) is 26.1. The van der Waals surface area contributed by atoms with E-state index in [9.17, 15) is 4.79 Å². The van der Waals surface area contributed by atoms with E-state index in [1.807, 2.05) is 37.2 Å². The zero-order chi connectivity index (χ0) is 38.3. The number of carbonyl (C=O) groups is 1. The van der Waals surface area contributed by atoms with E-state index in [1.54, 1.807) is 0 Å². The van der Waals surface area contributed by atoms with Gasteiger partial charge in [0.2, 0.25) is 0 Å². The minimum Gasteiger partial charge on any atom is -0.494 e. The SMILES string of the molecule is CCCCCC=CCC=CCCCCCCCCOc1ccc(OCCCCCCCCC=CCC=CCCCCC)c(COC(=O)CCN(C)C)c1. The van der Waals surface area contributed by atoms with Crippen LogP contribution in [0.3, 0.4) is 0 Å². The Morgan fingerprint density at radius 1 is 0.566 bits per heavy atom. The molecule has 0 spiro atoms. The summed E-state index contributed by atoms with van der Waals surface area (Å²) in [5.41, 5.74) is 0.873. The van der Waals surface area contributed by atoms with Gasteiger partial charge in [0.25, 0.3) is 0 Å². The minimum absolute atomic E-state index is 0.192. The van der Waals surface area contributed by atoms with Gasteiger partial charge in [-0.15, -0.1) is 0 Å². The molecule has 0 aliphatic carbocycles. The molecule has 0 heterocycles. The molecule has 302 valence electrons. The third kappa shape index (κ3) is 32.4. The van der Waals surface area contributed by atoms with Gasteiger partial charge in [0, 0.05) is 12.1 Å². The number of unbranched alkanes of at least 4 members (excludes halogenated alkanes) is 18. The molecule has 0 unspecified atom stereocenters. The predicted molar refractivity (Wildman–Crippen MR) is 229 cm³/mol. The molecule has 1 aromatic rings. The van der Waals surface area contributed by atoms with Gasteiger partial charge in [0.15, 0.2) is 0 Å². The number of ether oxygens (including phenoxy) is 3. The van der Waals surface area contributed by atoms with E-state index in [1.165, 1.54) is 128 Å². The standard InChI is InChI=1S/C48H81NO4/c1-5-7-9-11-13-15-17-19-21-23-25-27-29-31-33-35-41-51-46-37-38-47(45(43-46)44-53-48(50)39-40-49(3)4)52-42-36-34-32-30-28-26-24-22-20-18-16-14-12-10-8-6-2/h13-16,19-22,37-38,43H,5-12,17-18,23-36,39-42,44H2,1-4H3. The zero-order valence-corrected chi connectivity index (χ0v) is 34.9. The number of hydrogen-bond donors (Lipinski definition) is 0. The lowest BCUT2D eigenvalue weighted by atomic mass is 10.1. The third-order valence-corrected chi connectivity index (χ3v) is 9.40. The highest BCUT2D eigenvalue weighted by Crippen LogP contribution is 2.26. The Morgan fingerprint density at radius 2 is 1.02 bits per heavy atom. The largest absolute Gasteiger partial charge is 0.494 e. The molecule has 0 atom stereocenters. The Hall–Kier alpha value is -2.79. The van der Waals surface area contributed by atoms with Crippen LogP contribution >= 0.6 is 0 Å². The highest BCUT2D eigenvalue weighted by atomic mass is 16.5. The number of hydrogen-bond acceptors (Lipinski definition) is 5. The second kappa shape index (κ2) is 37.5. The summed E-state index contributed by atoms with van der Waals surface area (Å²) >= 11 is 0. The van der Waals surface area contributed by atoms with Gasteiger partial charge in [-0.3, -0.25) is 4.79 Å². The Balaban J connectivity index is 2.29. The van der Waals surface area contributed by atoms with Crippen molar-refractivity contribution in [3.8, 4) is 11.5 Å². The third-order valence-electron chi connectivity index (χ3n) is 9.40. The van der Waals surface area contributed by atoms with Crippen LogP contribution in [-0.2, 0) is 16.1 Å². The van der Waals surface area contributed by atoms with Crippen LogP contribution in [0.25, 0.3) is 0 Å². The Labute approximate surface area is 327 Å². The van der Waals surface area contributed by atoms with Gasteiger partial charge >= 0.3 is 5.97 Å². The van der Waals surface area contributed by atoms with E-state index < -0.39 is 0 Å². The number of allylic oxidation sites excluding steroid dienone is 8. The number of nitrogens with zero attached hydrogens (tertiary/aromatic N) is 1. The summed E-state index contributed by atoms with van der Waals surface area (Å²) in [5.74, 6) is 1.41. The van der Waals surface area contributed by atoms with Crippen molar-refractivity contribution in [1.29, 1.82) is 0 Å². The summed E-state index contributed by atoms with van der Waals surface area (Å²) in [5, 5.41) is 0. The van der Waals surface area contributed by atoms with Crippen LogP contribution in [0.2, 0.25) is 0 Å². The van der Waals surface area contributed by atoms with Gasteiger partial charge in [-0.2, -0.15) is 0 Å². The molecular weight excluding hydrogens is 655 g/mol. The molecule has 0 bridgehead atoms. The van der Waals surface area contributed by atoms with Gasteiger partial charge in [0.1, 0.15) is 18.1 Å². The maximum Gasteiger partial charge on any atom is 0.307 e. The maximum absolute atomic E-state index is 12.4. The van der Waals surface area contributed by atoms with E-state index >= 15 is 0 Å². The maximum atomic E-state index is 12.4. The van der Waals surface area contributed by atoms with E-state index in [0.29, 0.717) is 26.2 Å². The van der Waals surface area contributed by atoms with Crippen LogP contribution in [-0.4, -0.2) is 44.7 Å². The summed E-state index contributed by atoms with van der Waals surface area (Å²) in [4.78, 5) is 14.3.